The molecule has 0 saturated carbocycles. The van der Waals surface area contributed by atoms with Gasteiger partial charge in [0.1, 0.15) is 0 Å². The van der Waals surface area contributed by atoms with E-state index in [0.717, 1.165) is 10.8 Å². The van der Waals surface area contributed by atoms with Crippen LogP contribution in [0.25, 0.3) is 10.8 Å². The summed E-state index contributed by atoms with van der Waals surface area (Å²) in [4.78, 5) is 0. The first kappa shape index (κ1) is 11.4. The SMILES string of the molecule is C#Cc1cc2cc(C#C)c(C#C)cc2cc1C#C. The van der Waals surface area contributed by atoms with Crippen LogP contribution in [-0.2, 0) is 0 Å². The lowest BCUT2D eigenvalue weighted by Crippen LogP contribution is -1.89. The van der Waals surface area contributed by atoms with Crippen LogP contribution in [0, 0.1) is 49.4 Å². The summed E-state index contributed by atoms with van der Waals surface area (Å²) in [7, 11) is 0. The smallest absolute Gasteiger partial charge is 0.0405 e. The van der Waals surface area contributed by atoms with Gasteiger partial charge in [-0.1, -0.05) is 23.7 Å². The Bertz CT molecular complexity index is 669. The first-order chi connectivity index (χ1) is 8.73. The molecule has 0 aliphatic heterocycles. The van der Waals surface area contributed by atoms with Gasteiger partial charge in [0.25, 0.3) is 0 Å². The molecule has 0 radical (unpaired) electrons. The van der Waals surface area contributed by atoms with Crippen LogP contribution >= 0.6 is 0 Å². The highest BCUT2D eigenvalue weighted by molar-refractivity contribution is 5.89. The lowest BCUT2D eigenvalue weighted by molar-refractivity contribution is 1.60. The number of benzene rings is 2. The Kier molecular flexibility index (Phi) is 2.82. The summed E-state index contributed by atoms with van der Waals surface area (Å²) in [6.07, 6.45) is 21.7. The summed E-state index contributed by atoms with van der Waals surface area (Å²) in [5.41, 5.74) is 2.73. The van der Waals surface area contributed by atoms with Crippen molar-refractivity contribution in [1.29, 1.82) is 0 Å². The van der Waals surface area contributed by atoms with Gasteiger partial charge in [0.05, 0.1) is 0 Å². The number of fused-ring (bicyclic) bond motifs is 1. The molecule has 0 fully saturated rings. The first-order valence-electron chi connectivity index (χ1n) is 5.21. The third kappa shape index (κ3) is 1.70. The standard InChI is InChI=1S/C18H8/c1-5-13-9-17-11-15(7-3)16(8-4)12-18(17)10-14(13)6-2/h1-4,9-12H. The molecule has 2 aromatic carbocycles. The maximum Gasteiger partial charge on any atom is 0.0405 e. The monoisotopic (exact) mass is 224 g/mol. The molecular weight excluding hydrogens is 216 g/mol. The van der Waals surface area contributed by atoms with Crippen molar-refractivity contribution in [2.75, 3.05) is 0 Å². The highest BCUT2D eigenvalue weighted by Crippen LogP contribution is 2.23. The molecule has 0 unspecified atom stereocenters. The van der Waals surface area contributed by atoms with Crippen molar-refractivity contribution < 1.29 is 0 Å². The Morgan fingerprint density at radius 1 is 0.500 bits per heavy atom. The minimum atomic E-state index is 0.682. The van der Waals surface area contributed by atoms with Gasteiger partial charge < -0.3 is 0 Å². The van der Waals surface area contributed by atoms with Crippen LogP contribution in [-0.4, -0.2) is 0 Å². The summed E-state index contributed by atoms with van der Waals surface area (Å²) < 4.78 is 0. The Hall–Kier alpha value is -3.06. The highest BCUT2D eigenvalue weighted by Gasteiger charge is 2.05. The predicted molar refractivity (Wildman–Crippen MR) is 75.7 cm³/mol. The predicted octanol–water partition coefficient (Wildman–Crippen LogP) is 2.77. The molecule has 0 aliphatic rings. The van der Waals surface area contributed by atoms with Gasteiger partial charge in [-0.25, -0.2) is 0 Å². The van der Waals surface area contributed by atoms with Crippen molar-refractivity contribution in [1.82, 2.24) is 0 Å². The van der Waals surface area contributed by atoms with Gasteiger partial charge in [-0.3, -0.25) is 0 Å². The van der Waals surface area contributed by atoms with Crippen LogP contribution in [0.2, 0.25) is 0 Å². The van der Waals surface area contributed by atoms with Gasteiger partial charge in [-0.15, -0.1) is 25.7 Å². The summed E-state index contributed by atoms with van der Waals surface area (Å²) in [6, 6.07) is 7.41. The number of hydrogen-bond donors (Lipinski definition) is 0. The van der Waals surface area contributed by atoms with Crippen LogP contribution < -0.4 is 0 Å². The molecule has 0 aliphatic carbocycles. The number of hydrogen-bond acceptors (Lipinski definition) is 0. The van der Waals surface area contributed by atoms with E-state index in [9.17, 15) is 0 Å². The first-order valence-corrected chi connectivity index (χ1v) is 5.21. The summed E-state index contributed by atoms with van der Waals surface area (Å²) >= 11 is 0. The van der Waals surface area contributed by atoms with E-state index in [-0.39, 0.29) is 0 Å². The van der Waals surface area contributed by atoms with Crippen molar-refractivity contribution in [2.45, 2.75) is 0 Å². The fourth-order valence-corrected chi connectivity index (χ4v) is 1.83. The average Bonchev–Trinajstić information content (AvgIpc) is 2.43. The van der Waals surface area contributed by atoms with Gasteiger partial charge in [-0.05, 0) is 35.0 Å². The second-order valence-corrected chi connectivity index (χ2v) is 3.72. The zero-order valence-corrected chi connectivity index (χ0v) is 9.62. The Morgan fingerprint density at radius 2 is 0.722 bits per heavy atom. The van der Waals surface area contributed by atoms with Gasteiger partial charge in [-0.2, -0.15) is 0 Å². The number of rotatable bonds is 0. The molecule has 0 amide bonds. The average molecular weight is 224 g/mol. The van der Waals surface area contributed by atoms with E-state index >= 15 is 0 Å². The lowest BCUT2D eigenvalue weighted by atomic mass is 9.97. The molecule has 0 atom stereocenters. The molecular formula is C18H8. The van der Waals surface area contributed by atoms with E-state index in [2.05, 4.69) is 23.7 Å². The van der Waals surface area contributed by atoms with Crippen molar-refractivity contribution in [2.24, 2.45) is 0 Å². The second-order valence-electron chi connectivity index (χ2n) is 3.72. The summed E-state index contributed by atoms with van der Waals surface area (Å²) in [5.74, 6) is 10.3. The molecule has 80 valence electrons. The summed E-state index contributed by atoms with van der Waals surface area (Å²) in [5, 5.41) is 1.88. The molecule has 0 N–H and O–H groups in total. The van der Waals surface area contributed by atoms with E-state index in [4.69, 9.17) is 25.7 Å². The zero-order chi connectivity index (χ0) is 13.1. The zero-order valence-electron chi connectivity index (χ0n) is 9.62. The molecule has 0 bridgehead atoms. The molecule has 0 heterocycles. The van der Waals surface area contributed by atoms with E-state index in [1.807, 2.05) is 24.3 Å². The minimum Gasteiger partial charge on any atom is -0.115 e. The molecule has 18 heavy (non-hydrogen) atoms. The fraction of sp³-hybridized carbons (Fsp3) is 0. The Balaban J connectivity index is 2.90. The topological polar surface area (TPSA) is 0 Å². The van der Waals surface area contributed by atoms with Crippen molar-refractivity contribution in [3.63, 3.8) is 0 Å². The molecule has 0 saturated heterocycles. The van der Waals surface area contributed by atoms with Gasteiger partial charge >= 0.3 is 0 Å². The number of terminal acetylenes is 4. The van der Waals surface area contributed by atoms with Crippen molar-refractivity contribution in [3.8, 4) is 49.4 Å². The maximum atomic E-state index is 5.43. The Labute approximate surface area is 107 Å². The van der Waals surface area contributed by atoms with Gasteiger partial charge in [0.2, 0.25) is 0 Å². The van der Waals surface area contributed by atoms with E-state index < -0.39 is 0 Å². The quantitative estimate of drug-likeness (QED) is 0.604. The van der Waals surface area contributed by atoms with Gasteiger partial charge in [0.15, 0.2) is 0 Å². The van der Waals surface area contributed by atoms with Crippen LogP contribution in [0.5, 0.6) is 0 Å². The molecule has 0 aromatic heterocycles. The fourth-order valence-electron chi connectivity index (χ4n) is 1.83. The molecule has 0 heteroatoms. The van der Waals surface area contributed by atoms with Crippen LogP contribution in [0.4, 0.5) is 0 Å². The van der Waals surface area contributed by atoms with E-state index in [1.54, 1.807) is 0 Å². The molecule has 0 nitrogen and oxygen atoms in total. The van der Waals surface area contributed by atoms with E-state index in [1.165, 1.54) is 0 Å². The summed E-state index contributed by atoms with van der Waals surface area (Å²) in [6.45, 7) is 0. The Morgan fingerprint density at radius 3 is 0.889 bits per heavy atom. The van der Waals surface area contributed by atoms with Gasteiger partial charge in [0, 0.05) is 22.3 Å². The largest absolute Gasteiger partial charge is 0.115 e. The van der Waals surface area contributed by atoms with Crippen molar-refractivity contribution in [3.05, 3.63) is 46.5 Å². The van der Waals surface area contributed by atoms with Crippen LogP contribution in [0.3, 0.4) is 0 Å². The normalized spacial score (nSPS) is 8.89. The maximum absolute atomic E-state index is 5.43. The van der Waals surface area contributed by atoms with E-state index in [0.29, 0.717) is 22.3 Å². The van der Waals surface area contributed by atoms with Crippen LogP contribution in [0.1, 0.15) is 22.3 Å². The molecule has 0 spiro atoms. The third-order valence-electron chi connectivity index (χ3n) is 2.74. The third-order valence-corrected chi connectivity index (χ3v) is 2.74. The minimum absolute atomic E-state index is 0.682. The molecule has 2 rings (SSSR count). The van der Waals surface area contributed by atoms with Crippen LogP contribution in [0.15, 0.2) is 24.3 Å². The second kappa shape index (κ2) is 4.44. The lowest BCUT2D eigenvalue weighted by Gasteiger charge is -2.05. The molecule has 2 aromatic rings. The van der Waals surface area contributed by atoms with Crippen molar-refractivity contribution >= 4 is 10.8 Å². The highest BCUT2D eigenvalue weighted by atomic mass is 14.1.